The second-order valence-corrected chi connectivity index (χ2v) is 15.1. The smallest absolute Gasteiger partial charge is 0.285 e. The fourth-order valence-electron chi connectivity index (χ4n) is 7.27. The molecule has 0 aromatic rings. The van der Waals surface area contributed by atoms with Crippen LogP contribution in [0.1, 0.15) is 148 Å². The van der Waals surface area contributed by atoms with Crippen molar-refractivity contribution in [2.75, 3.05) is 0 Å². The number of hydrogen-bond donors (Lipinski definition) is 4. The van der Waals surface area contributed by atoms with Gasteiger partial charge in [-0.1, -0.05) is 59.8 Å². The van der Waals surface area contributed by atoms with E-state index in [4.69, 9.17) is 25.7 Å². The van der Waals surface area contributed by atoms with Gasteiger partial charge in [-0.15, -0.1) is 11.6 Å². The average molecular weight is 791 g/mol. The van der Waals surface area contributed by atoms with Gasteiger partial charge in [-0.3, -0.25) is 50.3 Å². The number of fused-ring (bicyclic) bond motifs is 3. The highest BCUT2D eigenvalue weighted by Gasteiger charge is 2.38. The first kappa shape index (κ1) is 48.6. The lowest BCUT2D eigenvalue weighted by molar-refractivity contribution is -0.541. The summed E-state index contributed by atoms with van der Waals surface area (Å²) in [5, 5.41) is 29.1. The maximum absolute atomic E-state index is 10.7. The Morgan fingerprint density at radius 1 is 0.833 bits per heavy atom. The minimum atomic E-state index is -0.633. The van der Waals surface area contributed by atoms with E-state index in [9.17, 15) is 25.0 Å². The SMILES string of the molecule is C.C.C1=NC2CCCCC2N1.CC(C)[N+](=O)[O-].CC(N)N1C=NC2CCCCC21.CC(N1C=NC2CCCCC21)[N+](=O)[O-].N=CN.O=C1CCCCC1Cl.[2H][2H]. The average Bonchev–Trinajstić information content (AvgIpc) is 3.94. The van der Waals surface area contributed by atoms with E-state index < -0.39 is 12.2 Å². The van der Waals surface area contributed by atoms with Crippen molar-refractivity contribution in [3.05, 3.63) is 20.2 Å². The van der Waals surface area contributed by atoms with Crippen molar-refractivity contribution < 1.29 is 17.6 Å². The number of nitrogens with two attached hydrogens (primary N) is 2. The second-order valence-electron chi connectivity index (χ2n) is 14.5. The Morgan fingerprint density at radius 3 is 1.70 bits per heavy atom. The van der Waals surface area contributed by atoms with Crippen molar-refractivity contribution in [3.8, 4) is 0 Å². The number of hydrogen-bond acceptors (Lipinski definition) is 13. The topological polar surface area (TPSA) is 235 Å². The van der Waals surface area contributed by atoms with Gasteiger partial charge >= 0.3 is 0 Å². The molecule has 7 rings (SSSR count). The highest BCUT2D eigenvalue weighted by molar-refractivity contribution is 6.31. The van der Waals surface area contributed by atoms with Gasteiger partial charge in [0, 0.05) is 46.1 Å². The number of halogens is 1. The molecule has 314 valence electrons. The van der Waals surface area contributed by atoms with Gasteiger partial charge in [-0.05, 0) is 58.3 Å². The van der Waals surface area contributed by atoms with Crippen LogP contribution in [0.4, 0.5) is 0 Å². The molecule has 0 radical (unpaired) electrons. The zero-order valence-corrected chi connectivity index (χ0v) is 32.4. The molecule has 0 bridgehead atoms. The van der Waals surface area contributed by atoms with Crippen LogP contribution in [0.2, 0.25) is 0 Å². The molecule has 4 aliphatic carbocycles. The second kappa shape index (κ2) is 27.2. The highest BCUT2D eigenvalue weighted by Crippen LogP contribution is 2.30. The standard InChI is InChI=1S/C9H15N3O2.C9H17N3.C7H12N2.C6H9ClO.C3H7NO2.CH4N2.2CH4.H2/c1-7(12(13)14)11-6-10-8-4-2-3-5-9(8)11;1-7(10)12-6-11-8-4-2-3-5-9(8)12;1-2-4-7-6(3-1)8-5-9-7;7-5-3-1-2-4-6(5)8;1-3(2)4(5)6;2-1-3;;;/h6-9H,2-5H2,1H3;6-9H,2-5,10H2,1H3;5-7H,1-4H2,(H,8,9);5H,1-4H2;3H,1-2H3;1H,(H3,2,3);2*1H4;1H/i;;;;;;;;1+1D. The molecular formula is C37H74ClN11O5. The summed E-state index contributed by atoms with van der Waals surface area (Å²) in [6.07, 6.45) is 24.6. The van der Waals surface area contributed by atoms with Crippen molar-refractivity contribution in [1.29, 1.82) is 5.41 Å². The molecule has 9 unspecified atom stereocenters. The van der Waals surface area contributed by atoms with E-state index in [1.807, 2.05) is 24.5 Å². The maximum Gasteiger partial charge on any atom is 0.285 e. The summed E-state index contributed by atoms with van der Waals surface area (Å²) >= 11 is 5.62. The fourth-order valence-corrected chi connectivity index (χ4v) is 7.54. The van der Waals surface area contributed by atoms with Crippen LogP contribution in [0, 0.1) is 25.6 Å². The Morgan fingerprint density at radius 2 is 1.28 bits per heavy atom. The van der Waals surface area contributed by atoms with Crippen LogP contribution >= 0.6 is 11.6 Å². The lowest BCUT2D eigenvalue weighted by Gasteiger charge is -2.33. The molecule has 3 aliphatic heterocycles. The van der Waals surface area contributed by atoms with Gasteiger partial charge in [0.05, 0.1) is 67.1 Å². The number of aliphatic imine (C=N–C) groups is 3. The van der Waals surface area contributed by atoms with Crippen LogP contribution in [0.15, 0.2) is 15.0 Å². The number of carbonyl (C=O) groups is 1. The summed E-state index contributed by atoms with van der Waals surface area (Å²) in [5.41, 5.74) is 10.2. The summed E-state index contributed by atoms with van der Waals surface area (Å²) in [6.45, 7) is 6.74. The minimum Gasteiger partial charge on any atom is -0.390 e. The van der Waals surface area contributed by atoms with Gasteiger partial charge in [-0.25, -0.2) is 0 Å². The maximum atomic E-state index is 10.7. The number of nitrogens with one attached hydrogen (secondary N) is 2. The summed E-state index contributed by atoms with van der Waals surface area (Å²) in [4.78, 5) is 47.4. The minimum absolute atomic E-state index is 0. The predicted octanol–water partition coefficient (Wildman–Crippen LogP) is 6.62. The molecule has 16 nitrogen and oxygen atoms in total. The Labute approximate surface area is 332 Å². The summed E-state index contributed by atoms with van der Waals surface area (Å²) in [7, 11) is 0. The molecule has 6 N–H and O–H groups in total. The third kappa shape index (κ3) is 17.0. The molecular weight excluding hydrogens is 714 g/mol. The zero-order chi connectivity index (χ0) is 40.6. The van der Waals surface area contributed by atoms with Crippen LogP contribution in [0.25, 0.3) is 0 Å². The molecule has 4 fully saturated rings. The molecule has 54 heavy (non-hydrogen) atoms. The molecule has 0 aromatic carbocycles. The Kier molecular flexibility index (Phi) is 24.5. The lowest BCUT2D eigenvalue weighted by Crippen LogP contribution is -2.47. The Bertz CT molecular complexity index is 1200. The first-order chi connectivity index (χ1) is 25.8. The quantitative estimate of drug-likeness (QED) is 0.0781. The number of Topliss-reactive ketones (excluding diaryl/α,β-unsaturated/α-hetero) is 1. The zero-order valence-electron chi connectivity index (χ0n) is 33.6. The third-order valence-corrected chi connectivity index (χ3v) is 10.8. The fraction of sp³-hybridized carbons (Fsp3) is 0.865. The third-order valence-electron chi connectivity index (χ3n) is 10.3. The van der Waals surface area contributed by atoms with E-state index in [1.54, 1.807) is 27.1 Å². The van der Waals surface area contributed by atoms with Crippen molar-refractivity contribution >= 4 is 42.7 Å². The van der Waals surface area contributed by atoms with Gasteiger partial charge < -0.3 is 21.7 Å². The number of nitro groups is 2. The van der Waals surface area contributed by atoms with Gasteiger partial charge in [0.15, 0.2) is 5.78 Å². The molecule has 9 atom stereocenters. The Balaban J connectivity index is 0. The normalized spacial score (nSPS) is 29.2. The molecule has 0 aromatic heterocycles. The van der Waals surface area contributed by atoms with E-state index >= 15 is 0 Å². The van der Waals surface area contributed by atoms with Crippen LogP contribution < -0.4 is 16.8 Å². The highest BCUT2D eigenvalue weighted by atomic mass is 35.5. The molecule has 0 spiro atoms. The number of ketones is 1. The van der Waals surface area contributed by atoms with E-state index in [1.165, 1.54) is 64.2 Å². The summed E-state index contributed by atoms with van der Waals surface area (Å²) in [5.74, 6) is 0.234. The Hall–Kier alpha value is -3.40. The summed E-state index contributed by atoms with van der Waals surface area (Å²) in [6, 6.07) is 2.64. The van der Waals surface area contributed by atoms with Crippen LogP contribution in [-0.4, -0.2) is 111 Å². The monoisotopic (exact) mass is 790 g/mol. The summed E-state index contributed by atoms with van der Waals surface area (Å²) < 4.78 is 10.0. The van der Waals surface area contributed by atoms with Crippen LogP contribution in [-0.2, 0) is 4.79 Å². The van der Waals surface area contributed by atoms with Crippen LogP contribution in [0.3, 0.4) is 0 Å². The van der Waals surface area contributed by atoms with Gasteiger partial charge in [0.25, 0.3) is 6.17 Å². The lowest BCUT2D eigenvalue weighted by atomic mass is 9.91. The van der Waals surface area contributed by atoms with Crippen LogP contribution in [0.5, 0.6) is 0 Å². The van der Waals surface area contributed by atoms with E-state index in [0.717, 1.165) is 38.4 Å². The van der Waals surface area contributed by atoms with E-state index in [-0.39, 0.29) is 48.1 Å². The number of nitrogens with zero attached hydrogens (tertiary/aromatic N) is 7. The van der Waals surface area contributed by atoms with Crippen molar-refractivity contribution in [3.63, 3.8) is 0 Å². The van der Waals surface area contributed by atoms with Gasteiger partial charge in [-0.2, -0.15) is 0 Å². The molecule has 0 saturated heterocycles. The first-order valence-corrected chi connectivity index (χ1v) is 19.5. The predicted molar refractivity (Wildman–Crippen MR) is 224 cm³/mol. The molecule has 17 heteroatoms. The number of carbonyl (C=O) groups excluding carboxylic acids is 1. The molecule has 0 amide bonds. The van der Waals surface area contributed by atoms with Gasteiger partial charge in [0.1, 0.15) is 0 Å². The van der Waals surface area contributed by atoms with Gasteiger partial charge in [0.2, 0.25) is 6.04 Å². The molecule has 3 heterocycles. The molecule has 7 aliphatic rings. The largest absolute Gasteiger partial charge is 0.390 e. The van der Waals surface area contributed by atoms with Crippen molar-refractivity contribution in [1.82, 2.24) is 15.1 Å². The first-order valence-electron chi connectivity index (χ1n) is 20.1. The van der Waals surface area contributed by atoms with Crippen molar-refractivity contribution in [2.24, 2.45) is 26.4 Å². The molecule has 4 saturated carbocycles. The number of rotatable bonds is 4. The number of alkyl halides is 1. The van der Waals surface area contributed by atoms with E-state index in [2.05, 4.69) is 30.9 Å². The van der Waals surface area contributed by atoms with Crippen molar-refractivity contribution in [2.45, 2.75) is 205 Å². The van der Waals surface area contributed by atoms with E-state index in [0.29, 0.717) is 36.6 Å².